The highest BCUT2D eigenvalue weighted by molar-refractivity contribution is 7.90. The number of aliphatic hydroxyl groups is 1. The normalized spacial score (nSPS) is 14.6. The molecule has 4 rings (SSSR count). The van der Waals surface area contributed by atoms with Crippen LogP contribution in [0.15, 0.2) is 53.8 Å². The number of aromatic nitrogens is 2. The second-order valence-corrected chi connectivity index (χ2v) is 11.3. The summed E-state index contributed by atoms with van der Waals surface area (Å²) in [5.74, 6) is 6.51. The molecule has 0 saturated carbocycles. The Balaban J connectivity index is 1.83. The van der Waals surface area contributed by atoms with Gasteiger partial charge in [-0.1, -0.05) is 12.0 Å². The Bertz CT molecular complexity index is 1600. The number of nitrogens with zero attached hydrogens (tertiary/aromatic N) is 3. The van der Waals surface area contributed by atoms with Crippen LogP contribution in [0.4, 0.5) is 10.5 Å². The number of nitrogens with one attached hydrogen (secondary N) is 1. The molecule has 0 aliphatic carbocycles. The van der Waals surface area contributed by atoms with Gasteiger partial charge in [0.1, 0.15) is 17.2 Å². The van der Waals surface area contributed by atoms with Gasteiger partial charge in [0.15, 0.2) is 14.9 Å². The number of sulfone groups is 1. The molecule has 0 bridgehead atoms. The second kappa shape index (κ2) is 12.8. The summed E-state index contributed by atoms with van der Waals surface area (Å²) in [6, 6.07) is 9.24. The number of hydrogen-bond donors (Lipinski definition) is 2. The first kappa shape index (κ1) is 29.5. The molecular formula is C29H30N4O7S. The third kappa shape index (κ3) is 7.39. The minimum atomic E-state index is -3.50. The number of amides is 2. The van der Waals surface area contributed by atoms with E-state index in [4.69, 9.17) is 9.47 Å². The highest BCUT2D eigenvalue weighted by Crippen LogP contribution is 2.41. The lowest BCUT2D eigenvalue weighted by atomic mass is 9.99. The van der Waals surface area contributed by atoms with Crippen molar-refractivity contribution in [2.45, 2.75) is 44.4 Å². The number of benzene rings is 1. The van der Waals surface area contributed by atoms with E-state index in [1.54, 1.807) is 36.1 Å². The number of hydrogen-bond acceptors (Lipinski definition) is 9. The van der Waals surface area contributed by atoms with Crippen LogP contribution in [0.3, 0.4) is 0 Å². The first-order valence-corrected chi connectivity index (χ1v) is 14.8. The molecule has 1 aliphatic heterocycles. The van der Waals surface area contributed by atoms with Gasteiger partial charge in [-0.3, -0.25) is 10.1 Å². The van der Waals surface area contributed by atoms with Crippen molar-refractivity contribution < 1.29 is 32.6 Å². The number of rotatable bonds is 7. The van der Waals surface area contributed by atoms with Gasteiger partial charge in [0.2, 0.25) is 5.91 Å². The monoisotopic (exact) mass is 578 g/mol. The molecule has 214 valence electrons. The van der Waals surface area contributed by atoms with Crippen LogP contribution in [0.25, 0.3) is 0 Å². The van der Waals surface area contributed by atoms with Gasteiger partial charge in [0, 0.05) is 31.5 Å². The summed E-state index contributed by atoms with van der Waals surface area (Å²) in [7, 11) is -3.50. The van der Waals surface area contributed by atoms with Crippen molar-refractivity contribution in [2.24, 2.45) is 0 Å². The van der Waals surface area contributed by atoms with Crippen LogP contribution < -0.4 is 10.1 Å². The molecule has 3 aromatic rings. The molecular weight excluding hydrogens is 548 g/mol. The zero-order chi connectivity index (χ0) is 29.6. The molecule has 0 unspecified atom stereocenters. The Kier molecular flexibility index (Phi) is 9.21. The van der Waals surface area contributed by atoms with E-state index < -0.39 is 15.9 Å². The molecule has 1 fully saturated rings. The summed E-state index contributed by atoms with van der Waals surface area (Å²) in [6.45, 7) is 3.78. The lowest BCUT2D eigenvalue weighted by Crippen LogP contribution is -2.28. The van der Waals surface area contributed by atoms with Crippen molar-refractivity contribution in [3.8, 4) is 23.3 Å². The number of anilines is 1. The minimum Gasteiger partial charge on any atom is -0.455 e. The molecule has 2 N–H and O–H groups in total. The maximum Gasteiger partial charge on any atom is 0.411 e. The smallest absolute Gasteiger partial charge is 0.411 e. The van der Waals surface area contributed by atoms with Gasteiger partial charge in [-0.15, -0.1) is 0 Å². The molecule has 1 aromatic carbocycles. The minimum absolute atomic E-state index is 0.0936. The summed E-state index contributed by atoms with van der Waals surface area (Å²) in [4.78, 5) is 34.8. The van der Waals surface area contributed by atoms with E-state index in [-0.39, 0.29) is 35.9 Å². The summed E-state index contributed by atoms with van der Waals surface area (Å²) in [6.07, 6.45) is 4.68. The number of pyridine rings is 2. The van der Waals surface area contributed by atoms with Gasteiger partial charge in [0.25, 0.3) is 0 Å². The van der Waals surface area contributed by atoms with Gasteiger partial charge < -0.3 is 19.5 Å². The van der Waals surface area contributed by atoms with Crippen LogP contribution in [-0.4, -0.2) is 59.8 Å². The third-order valence-corrected chi connectivity index (χ3v) is 7.33. The van der Waals surface area contributed by atoms with E-state index >= 15 is 0 Å². The fraction of sp³-hybridized carbons (Fsp3) is 0.310. The zero-order valence-corrected chi connectivity index (χ0v) is 23.7. The molecule has 1 saturated heterocycles. The van der Waals surface area contributed by atoms with Crippen LogP contribution in [0.2, 0.25) is 0 Å². The predicted octanol–water partition coefficient (Wildman–Crippen LogP) is 3.82. The first-order chi connectivity index (χ1) is 19.6. The molecule has 12 heteroatoms. The molecule has 11 nitrogen and oxygen atoms in total. The summed E-state index contributed by atoms with van der Waals surface area (Å²) in [5, 5.41) is 11.9. The second-order valence-electron chi connectivity index (χ2n) is 9.32. The van der Waals surface area contributed by atoms with Crippen LogP contribution in [0, 0.1) is 11.8 Å². The van der Waals surface area contributed by atoms with Gasteiger partial charge in [-0.25, -0.2) is 23.2 Å². The van der Waals surface area contributed by atoms with E-state index in [1.165, 1.54) is 31.5 Å². The lowest BCUT2D eigenvalue weighted by Gasteiger charge is -2.26. The van der Waals surface area contributed by atoms with Crippen LogP contribution in [-0.2, 0) is 26.0 Å². The predicted molar refractivity (Wildman–Crippen MR) is 150 cm³/mol. The number of aliphatic hydroxyl groups excluding tert-OH is 1. The van der Waals surface area contributed by atoms with Gasteiger partial charge in [-0.05, 0) is 61.6 Å². The SMILES string of the molecule is CCOC(=O)Nc1cc([C@H]2CCCN2C(C)=O)c(Oc2ccc(S(C)(=O)=O)nc2)cc1C#Cc1ccc(CO)cn1. The maximum atomic E-state index is 12.4. The standard InChI is InChI=1S/C29H30N4O7S/c1-4-39-29(36)32-25-15-24(26-6-5-13-33(26)19(2)35)27(40-23-11-12-28(31-17-23)41(3,37)38)14-21(25)8-10-22-9-7-20(18-34)16-30-22/h7,9,11-12,14-17,26,34H,4-6,13,18H2,1-3H3,(H,32,36)/t26-/m1/s1. The highest BCUT2D eigenvalue weighted by atomic mass is 32.2. The number of likely N-dealkylation sites (tertiary alicyclic amines) is 1. The molecule has 0 radical (unpaired) electrons. The van der Waals surface area contributed by atoms with Gasteiger partial charge in [-0.2, -0.15) is 0 Å². The molecule has 41 heavy (non-hydrogen) atoms. The van der Waals surface area contributed by atoms with Gasteiger partial charge in [0.05, 0.1) is 36.7 Å². The average Bonchev–Trinajstić information content (AvgIpc) is 3.43. The Labute approximate surface area is 238 Å². The molecule has 1 aliphatic rings. The third-order valence-electron chi connectivity index (χ3n) is 6.33. The zero-order valence-electron chi connectivity index (χ0n) is 22.9. The summed E-state index contributed by atoms with van der Waals surface area (Å²) < 4.78 is 35.0. The number of ether oxygens (including phenoxy) is 2. The van der Waals surface area contributed by atoms with Crippen molar-refractivity contribution >= 4 is 27.5 Å². The average molecular weight is 579 g/mol. The highest BCUT2D eigenvalue weighted by Gasteiger charge is 2.31. The van der Waals surface area contributed by atoms with Crippen molar-refractivity contribution in [2.75, 3.05) is 24.7 Å². The van der Waals surface area contributed by atoms with Crippen molar-refractivity contribution in [1.29, 1.82) is 0 Å². The van der Waals surface area contributed by atoms with E-state index in [0.717, 1.165) is 12.7 Å². The molecule has 0 spiro atoms. The largest absolute Gasteiger partial charge is 0.455 e. The quantitative estimate of drug-likeness (QED) is 0.399. The van der Waals surface area contributed by atoms with E-state index in [2.05, 4.69) is 27.1 Å². The van der Waals surface area contributed by atoms with Crippen molar-refractivity contribution in [3.63, 3.8) is 0 Å². The number of carbonyl (C=O) groups is 2. The van der Waals surface area contributed by atoms with Crippen molar-refractivity contribution in [3.05, 3.63) is 71.2 Å². The topological polar surface area (TPSA) is 148 Å². The Morgan fingerprint density at radius 3 is 2.56 bits per heavy atom. The Morgan fingerprint density at radius 1 is 1.15 bits per heavy atom. The Hall–Kier alpha value is -4.47. The fourth-order valence-electron chi connectivity index (χ4n) is 4.39. The Morgan fingerprint density at radius 2 is 1.95 bits per heavy atom. The van der Waals surface area contributed by atoms with E-state index in [1.807, 2.05) is 0 Å². The number of carbonyl (C=O) groups excluding carboxylic acids is 2. The van der Waals surface area contributed by atoms with Crippen LogP contribution in [0.5, 0.6) is 11.5 Å². The van der Waals surface area contributed by atoms with E-state index in [9.17, 15) is 23.1 Å². The lowest BCUT2D eigenvalue weighted by molar-refractivity contribution is -0.129. The molecule has 2 amide bonds. The van der Waals surface area contributed by atoms with Crippen molar-refractivity contribution in [1.82, 2.24) is 14.9 Å². The first-order valence-electron chi connectivity index (χ1n) is 12.9. The van der Waals surface area contributed by atoms with Gasteiger partial charge >= 0.3 is 6.09 Å². The van der Waals surface area contributed by atoms with Crippen LogP contribution >= 0.6 is 0 Å². The molecule has 3 heterocycles. The van der Waals surface area contributed by atoms with Crippen LogP contribution in [0.1, 0.15) is 55.1 Å². The fourth-order valence-corrected chi connectivity index (χ4v) is 4.95. The summed E-state index contributed by atoms with van der Waals surface area (Å²) >= 11 is 0. The summed E-state index contributed by atoms with van der Waals surface area (Å²) in [5.41, 5.74) is 2.45. The molecule has 1 atom stereocenters. The van der Waals surface area contributed by atoms with E-state index in [0.29, 0.717) is 46.8 Å². The maximum absolute atomic E-state index is 12.4. The molecule has 2 aromatic heterocycles.